The molecule has 1 aliphatic rings. The van der Waals surface area contributed by atoms with Crippen LogP contribution >= 0.6 is 0 Å². The predicted octanol–water partition coefficient (Wildman–Crippen LogP) is 2.61. The molecule has 4 rings (SSSR count). The van der Waals surface area contributed by atoms with Crippen LogP contribution in [0.4, 0.5) is 5.82 Å². The lowest BCUT2D eigenvalue weighted by atomic mass is 10.1. The first kappa shape index (κ1) is 13.9. The number of carbonyl (C=O) groups excluding carboxylic acids is 2. The van der Waals surface area contributed by atoms with E-state index in [0.29, 0.717) is 16.5 Å². The summed E-state index contributed by atoms with van der Waals surface area (Å²) in [7, 11) is 0. The quantitative estimate of drug-likeness (QED) is 0.697. The summed E-state index contributed by atoms with van der Waals surface area (Å²) in [5.41, 5.74) is 1.46. The van der Waals surface area contributed by atoms with Crippen LogP contribution in [0.3, 0.4) is 0 Å². The molecule has 6 heteroatoms. The SMILES string of the molecule is N#Cc1ccc2nc(N3C(=O)c4ccccc4C3=O)c(O)cc2c1. The van der Waals surface area contributed by atoms with E-state index >= 15 is 0 Å². The van der Waals surface area contributed by atoms with Crippen molar-refractivity contribution in [2.45, 2.75) is 0 Å². The minimum Gasteiger partial charge on any atom is -0.504 e. The smallest absolute Gasteiger partial charge is 0.267 e. The summed E-state index contributed by atoms with van der Waals surface area (Å²) >= 11 is 0. The van der Waals surface area contributed by atoms with Crippen LogP contribution in [-0.4, -0.2) is 21.9 Å². The van der Waals surface area contributed by atoms with E-state index < -0.39 is 11.8 Å². The number of imide groups is 1. The number of benzene rings is 2. The lowest BCUT2D eigenvalue weighted by Gasteiger charge is -2.15. The van der Waals surface area contributed by atoms with Gasteiger partial charge in [0.05, 0.1) is 28.3 Å². The number of carbonyl (C=O) groups is 2. The Bertz CT molecular complexity index is 1050. The van der Waals surface area contributed by atoms with Crippen LogP contribution < -0.4 is 4.90 Å². The normalized spacial score (nSPS) is 13.2. The average Bonchev–Trinajstić information content (AvgIpc) is 2.85. The van der Waals surface area contributed by atoms with E-state index in [0.717, 1.165) is 4.90 Å². The molecule has 0 fully saturated rings. The van der Waals surface area contributed by atoms with E-state index in [4.69, 9.17) is 5.26 Å². The summed E-state index contributed by atoms with van der Waals surface area (Å²) in [6, 6.07) is 14.6. The number of aromatic hydroxyl groups is 1. The van der Waals surface area contributed by atoms with Gasteiger partial charge in [-0.25, -0.2) is 9.88 Å². The molecule has 6 nitrogen and oxygen atoms in total. The van der Waals surface area contributed by atoms with Gasteiger partial charge in [-0.05, 0) is 36.4 Å². The number of amides is 2. The number of fused-ring (bicyclic) bond motifs is 2. The third-order valence-electron chi connectivity index (χ3n) is 3.91. The van der Waals surface area contributed by atoms with E-state index in [1.807, 2.05) is 6.07 Å². The molecular formula is C18H9N3O3. The van der Waals surface area contributed by atoms with Gasteiger partial charge in [0.2, 0.25) is 0 Å². The van der Waals surface area contributed by atoms with Crippen molar-refractivity contribution in [2.75, 3.05) is 4.90 Å². The number of nitriles is 1. The van der Waals surface area contributed by atoms with E-state index in [1.165, 1.54) is 6.07 Å². The van der Waals surface area contributed by atoms with Crippen LogP contribution in [0.25, 0.3) is 10.9 Å². The standard InChI is InChI=1S/C18H9N3O3/c19-9-10-5-6-14-11(7-10)8-15(22)16(20-14)21-17(23)12-3-1-2-4-13(12)18(21)24/h1-8,22H. The fourth-order valence-electron chi connectivity index (χ4n) is 2.77. The number of aromatic nitrogens is 1. The highest BCUT2D eigenvalue weighted by Gasteiger charge is 2.38. The van der Waals surface area contributed by atoms with Gasteiger partial charge < -0.3 is 5.11 Å². The number of hydrogen-bond acceptors (Lipinski definition) is 5. The number of pyridine rings is 1. The molecule has 0 unspecified atom stereocenters. The van der Waals surface area contributed by atoms with Crippen molar-refractivity contribution in [3.05, 3.63) is 65.2 Å². The number of hydrogen-bond donors (Lipinski definition) is 1. The Hall–Kier alpha value is -3.72. The Labute approximate surface area is 136 Å². The van der Waals surface area contributed by atoms with E-state index in [-0.39, 0.29) is 22.7 Å². The van der Waals surface area contributed by atoms with Crippen LogP contribution in [0, 0.1) is 11.3 Å². The Morgan fingerprint density at radius 3 is 2.29 bits per heavy atom. The lowest BCUT2D eigenvalue weighted by molar-refractivity contribution is 0.0924. The summed E-state index contributed by atoms with van der Waals surface area (Å²) in [5.74, 6) is -1.46. The molecule has 1 aliphatic heterocycles. The van der Waals surface area contributed by atoms with E-state index in [2.05, 4.69) is 4.98 Å². The molecule has 0 saturated carbocycles. The van der Waals surface area contributed by atoms with Crippen LogP contribution in [0.5, 0.6) is 5.75 Å². The maximum Gasteiger partial charge on any atom is 0.267 e. The molecule has 1 aromatic heterocycles. The topological polar surface area (TPSA) is 94.3 Å². The first-order valence-electron chi connectivity index (χ1n) is 7.12. The van der Waals surface area contributed by atoms with Gasteiger partial charge in [-0.15, -0.1) is 0 Å². The van der Waals surface area contributed by atoms with Crippen molar-refractivity contribution in [1.82, 2.24) is 4.98 Å². The van der Waals surface area contributed by atoms with Crippen LogP contribution in [0.2, 0.25) is 0 Å². The number of anilines is 1. The molecule has 1 N–H and O–H groups in total. The molecule has 2 aromatic carbocycles. The second-order valence-corrected chi connectivity index (χ2v) is 5.34. The zero-order chi connectivity index (χ0) is 16.8. The minimum atomic E-state index is -0.522. The van der Waals surface area contributed by atoms with Gasteiger partial charge in [0, 0.05) is 5.39 Å². The van der Waals surface area contributed by atoms with Gasteiger partial charge in [-0.2, -0.15) is 5.26 Å². The van der Waals surface area contributed by atoms with Gasteiger partial charge in [-0.1, -0.05) is 12.1 Å². The maximum absolute atomic E-state index is 12.5. The first-order chi connectivity index (χ1) is 11.6. The largest absolute Gasteiger partial charge is 0.504 e. The average molecular weight is 315 g/mol. The highest BCUT2D eigenvalue weighted by atomic mass is 16.3. The predicted molar refractivity (Wildman–Crippen MR) is 85.7 cm³/mol. The summed E-state index contributed by atoms with van der Waals surface area (Å²) in [6.45, 7) is 0. The van der Waals surface area contributed by atoms with Crippen molar-refractivity contribution in [3.63, 3.8) is 0 Å². The molecule has 2 heterocycles. The second-order valence-electron chi connectivity index (χ2n) is 5.34. The molecule has 0 spiro atoms. The van der Waals surface area contributed by atoms with Crippen molar-refractivity contribution in [2.24, 2.45) is 0 Å². The van der Waals surface area contributed by atoms with Gasteiger partial charge in [0.15, 0.2) is 11.6 Å². The first-order valence-corrected chi connectivity index (χ1v) is 7.12. The Balaban J connectivity index is 1.89. The van der Waals surface area contributed by atoms with Crippen LogP contribution in [0.1, 0.15) is 26.3 Å². The Morgan fingerprint density at radius 1 is 1.00 bits per heavy atom. The Kier molecular flexibility index (Phi) is 2.84. The molecule has 24 heavy (non-hydrogen) atoms. The summed E-state index contributed by atoms with van der Waals surface area (Å²) < 4.78 is 0. The molecule has 114 valence electrons. The van der Waals surface area contributed by atoms with Gasteiger partial charge in [0.1, 0.15) is 0 Å². The van der Waals surface area contributed by atoms with Crippen molar-refractivity contribution in [3.8, 4) is 11.8 Å². The second kappa shape index (κ2) is 4.89. The number of nitrogens with zero attached hydrogens (tertiary/aromatic N) is 3. The van der Waals surface area contributed by atoms with Crippen LogP contribution in [-0.2, 0) is 0 Å². The third-order valence-corrected chi connectivity index (χ3v) is 3.91. The zero-order valence-electron chi connectivity index (χ0n) is 12.2. The Morgan fingerprint density at radius 2 is 1.67 bits per heavy atom. The highest BCUT2D eigenvalue weighted by Crippen LogP contribution is 2.34. The third kappa shape index (κ3) is 1.85. The molecular weight excluding hydrogens is 306 g/mol. The summed E-state index contributed by atoms with van der Waals surface area (Å²) in [6.07, 6.45) is 0. The number of rotatable bonds is 1. The molecule has 0 aliphatic carbocycles. The highest BCUT2D eigenvalue weighted by molar-refractivity contribution is 6.34. The fourth-order valence-corrected chi connectivity index (χ4v) is 2.77. The molecule has 2 amide bonds. The molecule has 0 radical (unpaired) electrons. The van der Waals surface area contributed by atoms with Crippen molar-refractivity contribution in [1.29, 1.82) is 5.26 Å². The van der Waals surface area contributed by atoms with E-state index in [9.17, 15) is 14.7 Å². The van der Waals surface area contributed by atoms with Gasteiger partial charge in [-0.3, -0.25) is 9.59 Å². The van der Waals surface area contributed by atoms with Gasteiger partial charge in [0.25, 0.3) is 11.8 Å². The minimum absolute atomic E-state index is 0.113. The summed E-state index contributed by atoms with van der Waals surface area (Å²) in [4.78, 5) is 30.1. The maximum atomic E-state index is 12.5. The fraction of sp³-hybridized carbons (Fsp3) is 0. The van der Waals surface area contributed by atoms with Crippen molar-refractivity contribution < 1.29 is 14.7 Å². The van der Waals surface area contributed by atoms with Gasteiger partial charge >= 0.3 is 0 Å². The monoisotopic (exact) mass is 315 g/mol. The van der Waals surface area contributed by atoms with Crippen molar-refractivity contribution >= 4 is 28.5 Å². The lowest BCUT2D eigenvalue weighted by Crippen LogP contribution is -2.30. The zero-order valence-corrected chi connectivity index (χ0v) is 12.2. The molecule has 3 aromatic rings. The molecule has 0 atom stereocenters. The molecule has 0 saturated heterocycles. The van der Waals surface area contributed by atoms with Crippen LogP contribution in [0.15, 0.2) is 48.5 Å². The van der Waals surface area contributed by atoms with E-state index in [1.54, 1.807) is 42.5 Å². The summed E-state index contributed by atoms with van der Waals surface area (Å²) in [5, 5.41) is 19.7. The molecule has 0 bridgehead atoms.